The van der Waals surface area contributed by atoms with Crippen molar-refractivity contribution in [2.45, 2.75) is 39.3 Å². The molecule has 2 aromatic rings. The quantitative estimate of drug-likeness (QED) is 0.698. The fraction of sp³-hybridized carbons (Fsp3) is 0.500. The Labute approximate surface area is 194 Å². The summed E-state index contributed by atoms with van der Waals surface area (Å²) < 4.78 is 5.65. The summed E-state index contributed by atoms with van der Waals surface area (Å²) in [7, 11) is 0. The average Bonchev–Trinajstić information content (AvgIpc) is 2.83. The molecule has 1 aromatic heterocycles. The summed E-state index contributed by atoms with van der Waals surface area (Å²) in [5.41, 5.74) is 3.85. The lowest BCUT2D eigenvalue weighted by molar-refractivity contribution is 0.0983. The normalized spacial score (nSPS) is 18.3. The van der Waals surface area contributed by atoms with E-state index in [2.05, 4.69) is 33.4 Å². The minimum Gasteiger partial charge on any atom is -0.377 e. The Bertz CT molecular complexity index is 1020. The lowest BCUT2D eigenvalue weighted by atomic mass is 10.0. The van der Waals surface area contributed by atoms with Crippen LogP contribution in [0.5, 0.6) is 0 Å². The number of nitriles is 1. The predicted octanol–water partition coefficient (Wildman–Crippen LogP) is 2.78. The van der Waals surface area contributed by atoms with Gasteiger partial charge in [0.25, 0.3) is 0 Å². The number of rotatable bonds is 6. The smallest absolute Gasteiger partial charge is 0.319 e. The molecule has 3 heterocycles. The molecule has 9 nitrogen and oxygen atoms in total. The molecule has 2 aliphatic rings. The van der Waals surface area contributed by atoms with Crippen LogP contribution in [0, 0.1) is 11.3 Å². The van der Waals surface area contributed by atoms with Gasteiger partial charge in [-0.05, 0) is 44.5 Å². The number of hydrogen-bond donors (Lipinski definition) is 2. The third-order valence-electron chi connectivity index (χ3n) is 6.04. The van der Waals surface area contributed by atoms with E-state index < -0.39 is 0 Å². The molecule has 0 bridgehead atoms. The van der Waals surface area contributed by atoms with Crippen molar-refractivity contribution in [1.29, 1.82) is 5.26 Å². The second-order valence-corrected chi connectivity index (χ2v) is 8.41. The van der Waals surface area contributed by atoms with E-state index in [1.807, 2.05) is 31.2 Å². The molecular formula is C24H31N7O2. The number of urea groups is 1. The maximum Gasteiger partial charge on any atom is 0.319 e. The molecule has 0 radical (unpaired) electrons. The number of morpholine rings is 1. The Morgan fingerprint density at radius 1 is 1.27 bits per heavy atom. The Morgan fingerprint density at radius 2 is 2.09 bits per heavy atom. The molecule has 1 saturated heterocycles. The van der Waals surface area contributed by atoms with Crippen LogP contribution in [0.4, 0.5) is 16.3 Å². The van der Waals surface area contributed by atoms with Crippen molar-refractivity contribution in [2.75, 3.05) is 49.6 Å². The number of carbonyl (C=O) groups excluding carboxylic acids is 1. The Hall–Kier alpha value is -3.22. The number of nitrogens with one attached hydrogen (secondary N) is 2. The third kappa shape index (κ3) is 5.41. The maximum absolute atomic E-state index is 11.8. The van der Waals surface area contributed by atoms with Crippen LogP contribution in [0.25, 0.3) is 11.4 Å². The minimum absolute atomic E-state index is 0.226. The van der Waals surface area contributed by atoms with Gasteiger partial charge in [-0.2, -0.15) is 5.26 Å². The van der Waals surface area contributed by atoms with Gasteiger partial charge in [-0.25, -0.2) is 14.8 Å². The molecule has 2 amide bonds. The van der Waals surface area contributed by atoms with Gasteiger partial charge in [0.15, 0.2) is 5.82 Å². The van der Waals surface area contributed by atoms with Crippen molar-refractivity contribution >= 4 is 17.5 Å². The number of anilines is 2. The Kier molecular flexibility index (Phi) is 7.37. The molecule has 1 aromatic carbocycles. The van der Waals surface area contributed by atoms with Crippen LogP contribution in [0.15, 0.2) is 24.3 Å². The van der Waals surface area contributed by atoms with Gasteiger partial charge in [0.2, 0.25) is 0 Å². The van der Waals surface area contributed by atoms with Crippen molar-refractivity contribution in [3.8, 4) is 17.5 Å². The van der Waals surface area contributed by atoms with Gasteiger partial charge >= 0.3 is 6.03 Å². The molecule has 9 heteroatoms. The van der Waals surface area contributed by atoms with Crippen LogP contribution in [0.1, 0.15) is 31.5 Å². The van der Waals surface area contributed by atoms with E-state index in [9.17, 15) is 4.79 Å². The first-order valence-electron chi connectivity index (χ1n) is 11.6. The highest BCUT2D eigenvalue weighted by molar-refractivity contribution is 5.89. The summed E-state index contributed by atoms with van der Waals surface area (Å²) >= 11 is 0. The number of hydrogen-bond acceptors (Lipinski definition) is 7. The van der Waals surface area contributed by atoms with Crippen molar-refractivity contribution < 1.29 is 9.53 Å². The van der Waals surface area contributed by atoms with Crippen molar-refractivity contribution in [3.05, 3.63) is 35.5 Å². The SMILES string of the molecule is CCNC(=O)Nc1ccc(-c2nc3c(c(N4CCOCC4C)n2)CCN(CCC#N)C3)cc1. The highest BCUT2D eigenvalue weighted by Gasteiger charge is 2.28. The zero-order valence-electron chi connectivity index (χ0n) is 19.3. The summed E-state index contributed by atoms with van der Waals surface area (Å²) in [5, 5.41) is 14.5. The van der Waals surface area contributed by atoms with Gasteiger partial charge in [0.1, 0.15) is 5.82 Å². The molecule has 0 saturated carbocycles. The zero-order chi connectivity index (χ0) is 23.2. The third-order valence-corrected chi connectivity index (χ3v) is 6.04. The molecule has 1 atom stereocenters. The average molecular weight is 450 g/mol. The molecule has 33 heavy (non-hydrogen) atoms. The van der Waals surface area contributed by atoms with Crippen molar-refractivity contribution in [2.24, 2.45) is 0 Å². The summed E-state index contributed by atoms with van der Waals surface area (Å²) in [6.45, 7) is 9.16. The first-order valence-corrected chi connectivity index (χ1v) is 11.6. The second kappa shape index (κ2) is 10.6. The topological polar surface area (TPSA) is 106 Å². The van der Waals surface area contributed by atoms with Crippen LogP contribution in [-0.2, 0) is 17.7 Å². The van der Waals surface area contributed by atoms with Crippen molar-refractivity contribution in [1.82, 2.24) is 20.2 Å². The molecule has 1 fully saturated rings. The van der Waals surface area contributed by atoms with E-state index in [0.717, 1.165) is 49.7 Å². The largest absolute Gasteiger partial charge is 0.377 e. The van der Waals surface area contributed by atoms with E-state index in [0.29, 0.717) is 37.7 Å². The lowest BCUT2D eigenvalue weighted by Gasteiger charge is -2.37. The maximum atomic E-state index is 11.8. The molecule has 2 aliphatic heterocycles. The monoisotopic (exact) mass is 449 g/mol. The fourth-order valence-corrected chi connectivity index (χ4v) is 4.31. The number of benzene rings is 1. The first kappa shape index (κ1) is 23.0. The summed E-state index contributed by atoms with van der Waals surface area (Å²) in [6, 6.07) is 9.86. The summed E-state index contributed by atoms with van der Waals surface area (Å²) in [5.74, 6) is 1.67. The summed E-state index contributed by atoms with van der Waals surface area (Å²) in [6.07, 6.45) is 1.39. The number of aromatic nitrogens is 2. The molecule has 1 unspecified atom stereocenters. The first-order chi connectivity index (χ1) is 16.1. The predicted molar refractivity (Wildman–Crippen MR) is 127 cm³/mol. The highest BCUT2D eigenvalue weighted by atomic mass is 16.5. The molecule has 0 spiro atoms. The highest BCUT2D eigenvalue weighted by Crippen LogP contribution is 2.31. The molecule has 174 valence electrons. The van der Waals surface area contributed by atoms with Crippen LogP contribution >= 0.6 is 0 Å². The summed E-state index contributed by atoms with van der Waals surface area (Å²) in [4.78, 5) is 26.4. The number of carbonyl (C=O) groups is 1. The Balaban J connectivity index is 1.66. The van der Waals surface area contributed by atoms with E-state index in [1.54, 1.807) is 0 Å². The molecule has 2 N–H and O–H groups in total. The van der Waals surface area contributed by atoms with Crippen LogP contribution in [-0.4, -0.2) is 66.3 Å². The lowest BCUT2D eigenvalue weighted by Crippen LogP contribution is -2.45. The van der Waals surface area contributed by atoms with Crippen LogP contribution in [0.2, 0.25) is 0 Å². The van der Waals surface area contributed by atoms with Gasteiger partial charge in [-0.15, -0.1) is 0 Å². The number of fused-ring (bicyclic) bond motifs is 1. The van der Waals surface area contributed by atoms with Crippen LogP contribution < -0.4 is 15.5 Å². The van der Waals surface area contributed by atoms with Gasteiger partial charge < -0.3 is 20.3 Å². The van der Waals surface area contributed by atoms with Gasteiger partial charge in [-0.1, -0.05) is 0 Å². The zero-order valence-corrected chi connectivity index (χ0v) is 19.3. The standard InChI is InChI=1S/C24H31N7O2/c1-3-26-24(32)27-19-7-5-18(6-8-19)22-28-21-15-30(11-4-10-25)12-9-20(21)23(29-22)31-13-14-33-16-17(31)2/h5-8,17H,3-4,9,11-16H2,1-2H3,(H2,26,27,32). The number of amides is 2. The number of ether oxygens (including phenoxy) is 1. The number of nitrogens with zero attached hydrogens (tertiary/aromatic N) is 5. The minimum atomic E-state index is -0.226. The van der Waals surface area contributed by atoms with E-state index in [1.165, 1.54) is 5.56 Å². The molecule has 0 aliphatic carbocycles. The van der Waals surface area contributed by atoms with E-state index in [4.69, 9.17) is 20.0 Å². The molecular weight excluding hydrogens is 418 g/mol. The van der Waals surface area contributed by atoms with E-state index >= 15 is 0 Å². The van der Waals surface area contributed by atoms with Gasteiger partial charge in [0.05, 0.1) is 31.0 Å². The Morgan fingerprint density at radius 3 is 2.82 bits per heavy atom. The second-order valence-electron chi connectivity index (χ2n) is 8.41. The van der Waals surface area contributed by atoms with E-state index in [-0.39, 0.29) is 12.1 Å². The molecule has 4 rings (SSSR count). The van der Waals surface area contributed by atoms with Crippen LogP contribution in [0.3, 0.4) is 0 Å². The van der Waals surface area contributed by atoms with Crippen molar-refractivity contribution in [3.63, 3.8) is 0 Å². The van der Waals surface area contributed by atoms with Gasteiger partial charge in [-0.3, -0.25) is 4.90 Å². The fourth-order valence-electron chi connectivity index (χ4n) is 4.31. The van der Waals surface area contributed by atoms with Gasteiger partial charge in [0, 0.05) is 56.0 Å².